The van der Waals surface area contributed by atoms with Crippen LogP contribution in [-0.2, 0) is 17.9 Å². The Bertz CT molecular complexity index is 1990. The first-order valence-electron chi connectivity index (χ1n) is 16.5. The van der Waals surface area contributed by atoms with Crippen molar-refractivity contribution in [3.05, 3.63) is 191 Å². The van der Waals surface area contributed by atoms with Crippen LogP contribution in [0.2, 0.25) is 0 Å². The molecule has 48 heavy (non-hydrogen) atoms. The molecule has 0 fully saturated rings. The van der Waals surface area contributed by atoms with Crippen LogP contribution in [0.25, 0.3) is 34.4 Å². The molecule has 6 aromatic rings. The van der Waals surface area contributed by atoms with E-state index in [1.165, 1.54) is 55.7 Å². The Morgan fingerprint density at radius 3 is 1.10 bits per heavy atom. The largest absolute Gasteiger partial charge is 0.147 e. The first kappa shape index (κ1) is 34.3. The summed E-state index contributed by atoms with van der Waals surface area (Å²) < 4.78 is 3.92. The standard InChI is InChI=1S/2C16H13.2C6H5.2ClH.H3Si.Zr/c2*1-12-10-14-8-5-9-15(16(14)11-12)13-6-3-2-4-7-13;2*1-2-4-6-5-3-1;;;;/h2*2-11H,1H3;2*1-5H;2*1H;1H3;. The maximum atomic E-state index is 2.55. The summed E-state index contributed by atoms with van der Waals surface area (Å²) in [5.41, 5.74) is 14.2. The number of fused-ring (bicyclic) bond motifs is 2. The van der Waals surface area contributed by atoms with Gasteiger partial charge in [0.05, 0.1) is 0 Å². The van der Waals surface area contributed by atoms with Crippen LogP contribution in [0.1, 0.15) is 43.4 Å². The van der Waals surface area contributed by atoms with Gasteiger partial charge in [-0.05, 0) is 0 Å². The zero-order valence-corrected chi connectivity index (χ0v) is 33.7. The molecule has 0 saturated carbocycles. The Labute approximate surface area is 301 Å². The zero-order valence-electron chi connectivity index (χ0n) is 27.6. The fraction of sp³-hybridized carbons (Fsp3) is 0.0909. The van der Waals surface area contributed by atoms with Crippen molar-refractivity contribution in [3.63, 3.8) is 0 Å². The number of rotatable bonds is 6. The molecule has 0 nitrogen and oxygen atoms in total. The maximum Gasteiger partial charge on any atom is -0.147 e. The summed E-state index contributed by atoms with van der Waals surface area (Å²) in [4.78, 5) is 0. The fourth-order valence-corrected chi connectivity index (χ4v) is 44.2. The van der Waals surface area contributed by atoms with Crippen LogP contribution in [0.5, 0.6) is 0 Å². The third kappa shape index (κ3) is 5.04. The van der Waals surface area contributed by atoms with Gasteiger partial charge in [0.25, 0.3) is 0 Å². The second-order valence-electron chi connectivity index (χ2n) is 13.7. The monoisotopic (exact) mass is 757 g/mol. The van der Waals surface area contributed by atoms with Crippen LogP contribution >= 0.6 is 24.8 Å². The Morgan fingerprint density at radius 1 is 0.417 bits per heavy atom. The van der Waals surface area contributed by atoms with Gasteiger partial charge in [0.2, 0.25) is 0 Å². The van der Waals surface area contributed by atoms with Crippen molar-refractivity contribution < 1.29 is 17.9 Å². The van der Waals surface area contributed by atoms with Gasteiger partial charge in [-0.2, -0.15) is 0 Å². The smallest absolute Gasteiger partial charge is 0.147 e. The Kier molecular flexibility index (Phi) is 9.60. The molecule has 2 aliphatic carbocycles. The van der Waals surface area contributed by atoms with Crippen molar-refractivity contribution in [1.82, 2.24) is 0 Å². The van der Waals surface area contributed by atoms with Gasteiger partial charge in [0.15, 0.2) is 0 Å². The minimum atomic E-state index is -4.50. The maximum absolute atomic E-state index is 4.50. The van der Waals surface area contributed by atoms with E-state index >= 15 is 0 Å². The van der Waals surface area contributed by atoms with E-state index in [0.717, 1.165) is 7.37 Å². The number of hydrogen-bond acceptors (Lipinski definition) is 0. The molecule has 0 bridgehead atoms. The molecule has 2 unspecified atom stereocenters. The molecule has 0 heterocycles. The minimum absolute atomic E-state index is 0. The minimum Gasteiger partial charge on any atom is -0.147 e. The van der Waals surface area contributed by atoms with Crippen molar-refractivity contribution >= 4 is 50.9 Å². The van der Waals surface area contributed by atoms with Crippen molar-refractivity contribution in [1.29, 1.82) is 0 Å². The molecule has 6 aromatic carbocycles. The van der Waals surface area contributed by atoms with Crippen LogP contribution in [0.4, 0.5) is 0 Å². The Balaban J connectivity index is 0.00000201. The van der Waals surface area contributed by atoms with Crippen LogP contribution < -0.4 is 6.54 Å². The Morgan fingerprint density at radius 2 is 0.750 bits per heavy atom. The molecule has 0 N–H and O–H groups in total. The van der Waals surface area contributed by atoms with E-state index in [2.05, 4.69) is 184 Å². The molecule has 0 aromatic heterocycles. The summed E-state index contributed by atoms with van der Waals surface area (Å²) in [6, 6.07) is 59.8. The fourth-order valence-electron chi connectivity index (χ4n) is 9.58. The molecule has 8 rings (SSSR count). The molecule has 0 radical (unpaired) electrons. The van der Waals surface area contributed by atoms with Gasteiger partial charge < -0.3 is 0 Å². The van der Waals surface area contributed by atoms with Crippen LogP contribution in [-0.4, -0.2) is 7.37 Å². The van der Waals surface area contributed by atoms with E-state index in [1.807, 2.05) is 0 Å². The summed E-state index contributed by atoms with van der Waals surface area (Å²) in [6.07, 6.45) is 5.10. The van der Waals surface area contributed by atoms with Crippen molar-refractivity contribution in [2.75, 3.05) is 0 Å². The van der Waals surface area contributed by atoms with E-state index in [9.17, 15) is 0 Å². The topological polar surface area (TPSA) is 0 Å². The van der Waals surface area contributed by atoms with Crippen LogP contribution in [0.15, 0.2) is 169 Å². The molecule has 0 amide bonds. The second-order valence-corrected chi connectivity index (χ2v) is 41.7. The number of hydrogen-bond donors (Lipinski definition) is 0. The molecule has 0 aliphatic heterocycles. The second kappa shape index (κ2) is 13.4. The van der Waals surface area contributed by atoms with E-state index in [-0.39, 0.29) is 24.8 Å². The van der Waals surface area contributed by atoms with Crippen molar-refractivity contribution in [2.24, 2.45) is 0 Å². The van der Waals surface area contributed by atoms with Gasteiger partial charge >= 0.3 is 278 Å². The van der Waals surface area contributed by atoms with E-state index in [1.54, 1.807) is 6.54 Å². The molecular formula is C44H41Cl2SiZr. The Hall–Kier alpha value is -3.52. The van der Waals surface area contributed by atoms with Gasteiger partial charge in [-0.3, -0.25) is 0 Å². The van der Waals surface area contributed by atoms with Gasteiger partial charge in [0, 0.05) is 0 Å². The average Bonchev–Trinajstić information content (AvgIpc) is 3.66. The number of halogens is 2. The summed E-state index contributed by atoms with van der Waals surface area (Å²) in [5.74, 6) is 0. The first-order chi connectivity index (χ1) is 22.5. The summed E-state index contributed by atoms with van der Waals surface area (Å²) in [7, 11) is 1.09. The molecule has 2 aliphatic rings. The number of allylic oxidation sites excluding steroid dienone is 2. The predicted molar refractivity (Wildman–Crippen MR) is 213 cm³/mol. The van der Waals surface area contributed by atoms with Gasteiger partial charge in [-0.25, -0.2) is 0 Å². The van der Waals surface area contributed by atoms with Gasteiger partial charge in [-0.15, -0.1) is 24.8 Å². The molecule has 239 valence electrons. The molecular weight excluding hydrogens is 719 g/mol. The van der Waals surface area contributed by atoms with Gasteiger partial charge in [0.1, 0.15) is 0 Å². The SMILES string of the molecule is CC1=Cc2c(-c3ccccc3)cccc2[CH]1[Zr]([SiH3])([c]1ccccc1)([c]1ccccc1)[CH]1C(C)=Cc2c(-c3ccccc3)cccc21.Cl.Cl. The van der Waals surface area contributed by atoms with Crippen LogP contribution in [0.3, 0.4) is 0 Å². The van der Waals surface area contributed by atoms with E-state index in [0.29, 0.717) is 7.25 Å². The molecule has 2 atom stereocenters. The van der Waals surface area contributed by atoms with Crippen molar-refractivity contribution in [2.45, 2.75) is 21.1 Å². The van der Waals surface area contributed by atoms with E-state index in [4.69, 9.17) is 0 Å². The third-order valence-electron chi connectivity index (χ3n) is 11.3. The van der Waals surface area contributed by atoms with Crippen molar-refractivity contribution in [3.8, 4) is 22.3 Å². The van der Waals surface area contributed by atoms with Gasteiger partial charge in [-0.1, -0.05) is 0 Å². The van der Waals surface area contributed by atoms with E-state index < -0.39 is 17.9 Å². The zero-order chi connectivity index (χ0) is 31.3. The first-order valence-corrected chi connectivity index (χ1v) is 30.2. The summed E-state index contributed by atoms with van der Waals surface area (Å²) in [5, 5.41) is 0. The normalized spacial score (nSPS) is 17.1. The summed E-state index contributed by atoms with van der Waals surface area (Å²) in [6.45, 7) is 4.87. The summed E-state index contributed by atoms with van der Waals surface area (Å²) >= 11 is -4.50. The molecule has 4 heteroatoms. The predicted octanol–water partition coefficient (Wildman–Crippen LogP) is 10.1. The quantitative estimate of drug-likeness (QED) is 0.148. The average molecular weight is 760 g/mol. The van der Waals surface area contributed by atoms with Crippen LogP contribution in [0, 0.1) is 0 Å². The molecule has 0 spiro atoms. The third-order valence-corrected chi connectivity index (χ3v) is 45.2. The molecule has 0 saturated heterocycles. The number of benzene rings is 6.